The van der Waals surface area contributed by atoms with Crippen LogP contribution in [0.3, 0.4) is 0 Å². The van der Waals surface area contributed by atoms with Gasteiger partial charge >= 0.3 is 6.18 Å². The van der Waals surface area contributed by atoms with Gasteiger partial charge in [0, 0.05) is 5.56 Å². The highest BCUT2D eigenvalue weighted by Gasteiger charge is 2.35. The Hall–Kier alpha value is -3.01. The summed E-state index contributed by atoms with van der Waals surface area (Å²) in [6.45, 7) is 0. The van der Waals surface area contributed by atoms with E-state index < -0.39 is 21.9 Å². The molecule has 142 valence electrons. The van der Waals surface area contributed by atoms with Gasteiger partial charge in [0.2, 0.25) is 0 Å². The van der Waals surface area contributed by atoms with E-state index in [0.717, 1.165) is 6.07 Å². The summed E-state index contributed by atoms with van der Waals surface area (Å²) in [5, 5.41) is 3.38. The van der Waals surface area contributed by atoms with Crippen LogP contribution in [0.25, 0.3) is 11.3 Å². The molecular weight excluding hydrogens is 383 g/mol. The van der Waals surface area contributed by atoms with Crippen LogP contribution in [0.1, 0.15) is 5.69 Å². The Morgan fingerprint density at radius 2 is 1.74 bits per heavy atom. The number of hydrogen-bond donors (Lipinski definition) is 1. The predicted octanol–water partition coefficient (Wildman–Crippen LogP) is 3.51. The lowest BCUT2D eigenvalue weighted by molar-refractivity contribution is -0.141. The molecule has 0 saturated heterocycles. The molecule has 3 rings (SSSR count). The van der Waals surface area contributed by atoms with Gasteiger partial charge in [0.1, 0.15) is 5.75 Å². The molecule has 0 bridgehead atoms. The van der Waals surface area contributed by atoms with Crippen molar-refractivity contribution in [1.82, 2.24) is 9.89 Å². The van der Waals surface area contributed by atoms with Crippen LogP contribution in [-0.2, 0) is 16.2 Å². The number of hydrogen-bond acceptors (Lipinski definition) is 4. The van der Waals surface area contributed by atoms with Crippen LogP contribution >= 0.6 is 0 Å². The second kappa shape index (κ2) is 6.95. The zero-order valence-corrected chi connectivity index (χ0v) is 14.8. The van der Waals surface area contributed by atoms with Crippen molar-refractivity contribution in [1.29, 1.82) is 0 Å². The third-order valence-corrected chi connectivity index (χ3v) is 4.93. The molecule has 6 nitrogen and oxygen atoms in total. The molecule has 0 aliphatic rings. The lowest BCUT2D eigenvalue weighted by Gasteiger charge is -2.11. The fourth-order valence-corrected chi connectivity index (χ4v) is 3.33. The van der Waals surface area contributed by atoms with Crippen molar-refractivity contribution in [2.24, 2.45) is 0 Å². The molecule has 0 aliphatic heterocycles. The fraction of sp³-hybridized carbons (Fsp3) is 0.118. The van der Waals surface area contributed by atoms with Gasteiger partial charge in [-0.1, -0.05) is 30.3 Å². The van der Waals surface area contributed by atoms with Crippen LogP contribution in [0.2, 0.25) is 0 Å². The smallest absolute Gasteiger partial charge is 0.435 e. The summed E-state index contributed by atoms with van der Waals surface area (Å²) in [7, 11) is -2.73. The number of nitrogens with one attached hydrogen (secondary N) is 1. The summed E-state index contributed by atoms with van der Waals surface area (Å²) in [5.74, 6) is 0.403. The first-order valence-electron chi connectivity index (χ1n) is 7.60. The summed E-state index contributed by atoms with van der Waals surface area (Å²) in [5.41, 5.74) is -1.01. The number of nitrogens with zero attached hydrogens (tertiary/aromatic N) is 2. The predicted molar refractivity (Wildman–Crippen MR) is 92.2 cm³/mol. The van der Waals surface area contributed by atoms with E-state index in [1.807, 2.05) is 0 Å². The monoisotopic (exact) mass is 397 g/mol. The Morgan fingerprint density at radius 3 is 2.37 bits per heavy atom. The molecule has 0 fully saturated rings. The highest BCUT2D eigenvalue weighted by Crippen LogP contribution is 2.32. The highest BCUT2D eigenvalue weighted by molar-refractivity contribution is 7.92. The van der Waals surface area contributed by atoms with Gasteiger partial charge in [-0.15, -0.1) is 5.10 Å². The highest BCUT2D eigenvalue weighted by atomic mass is 32.2. The standard InChI is InChI=1S/C17H14F3N3O3S/c1-26-13-7-5-6-12(10-13)15-11-16(17(18,19)20)21-23(15)22-27(24,25)14-8-3-2-4-9-14/h2-11,22H,1H3. The van der Waals surface area contributed by atoms with Crippen molar-refractivity contribution >= 4 is 10.0 Å². The number of rotatable bonds is 5. The quantitative estimate of drug-likeness (QED) is 0.715. The number of halogens is 3. The molecule has 0 unspecified atom stereocenters. The third-order valence-electron chi connectivity index (χ3n) is 3.63. The SMILES string of the molecule is COc1cccc(-c2cc(C(F)(F)F)nn2NS(=O)(=O)c2ccccc2)c1. The number of sulfonamides is 1. The lowest BCUT2D eigenvalue weighted by atomic mass is 10.1. The molecule has 27 heavy (non-hydrogen) atoms. The minimum Gasteiger partial charge on any atom is -0.497 e. The number of aromatic nitrogens is 2. The van der Waals surface area contributed by atoms with Crippen molar-refractivity contribution in [3.05, 3.63) is 66.4 Å². The lowest BCUT2D eigenvalue weighted by Crippen LogP contribution is -2.25. The number of alkyl halides is 3. The summed E-state index contributed by atoms with van der Waals surface area (Å²) < 4.78 is 69.4. The average Bonchev–Trinajstić information content (AvgIpc) is 3.06. The second-order valence-corrected chi connectivity index (χ2v) is 7.12. The van der Waals surface area contributed by atoms with E-state index in [0.29, 0.717) is 16.1 Å². The Balaban J connectivity index is 2.10. The first-order chi connectivity index (χ1) is 12.7. The number of benzene rings is 2. The summed E-state index contributed by atoms with van der Waals surface area (Å²) in [4.78, 5) is 2.56. The van der Waals surface area contributed by atoms with Crippen molar-refractivity contribution in [2.45, 2.75) is 11.1 Å². The first-order valence-corrected chi connectivity index (χ1v) is 9.08. The first kappa shape index (κ1) is 18.8. The van der Waals surface area contributed by atoms with Crippen LogP contribution in [0, 0.1) is 0 Å². The summed E-state index contributed by atoms with van der Waals surface area (Å²) in [6, 6.07) is 14.2. The maximum absolute atomic E-state index is 13.1. The zero-order valence-electron chi connectivity index (χ0n) is 13.9. The van der Waals surface area contributed by atoms with Crippen molar-refractivity contribution in [2.75, 3.05) is 11.9 Å². The van der Waals surface area contributed by atoms with E-state index in [9.17, 15) is 21.6 Å². The minimum atomic E-state index is -4.74. The summed E-state index contributed by atoms with van der Waals surface area (Å²) >= 11 is 0. The third kappa shape index (κ3) is 4.05. The Bertz CT molecular complexity index is 1050. The molecule has 2 aromatic carbocycles. The molecule has 0 saturated carbocycles. The van der Waals surface area contributed by atoms with Gasteiger partial charge in [-0.25, -0.2) is 0 Å². The topological polar surface area (TPSA) is 73.2 Å². The molecule has 0 aliphatic carbocycles. The van der Waals surface area contributed by atoms with E-state index >= 15 is 0 Å². The van der Waals surface area contributed by atoms with E-state index in [1.165, 1.54) is 43.5 Å². The van der Waals surface area contributed by atoms with Gasteiger partial charge in [0.25, 0.3) is 10.0 Å². The van der Waals surface area contributed by atoms with E-state index in [-0.39, 0.29) is 10.6 Å². The van der Waals surface area contributed by atoms with Crippen LogP contribution in [0.15, 0.2) is 65.6 Å². The van der Waals surface area contributed by atoms with Gasteiger partial charge in [0.15, 0.2) is 5.69 Å². The maximum Gasteiger partial charge on any atom is 0.435 e. The minimum absolute atomic E-state index is 0.0827. The molecule has 10 heteroatoms. The molecule has 0 spiro atoms. The Morgan fingerprint density at radius 1 is 1.04 bits per heavy atom. The molecule has 0 amide bonds. The van der Waals surface area contributed by atoms with Gasteiger partial charge in [-0.3, -0.25) is 0 Å². The van der Waals surface area contributed by atoms with Crippen molar-refractivity contribution in [3.8, 4) is 17.0 Å². The fourth-order valence-electron chi connectivity index (χ4n) is 2.34. The van der Waals surface area contributed by atoms with Crippen molar-refractivity contribution < 1.29 is 26.3 Å². The number of ether oxygens (including phenoxy) is 1. The van der Waals surface area contributed by atoms with Crippen LogP contribution in [0.5, 0.6) is 5.75 Å². The zero-order chi connectivity index (χ0) is 19.7. The Kier molecular flexibility index (Phi) is 4.83. The van der Waals surface area contributed by atoms with E-state index in [1.54, 1.807) is 18.2 Å². The molecule has 0 atom stereocenters. The van der Waals surface area contributed by atoms with E-state index in [4.69, 9.17) is 4.74 Å². The molecular formula is C17H14F3N3O3S. The second-order valence-electron chi connectivity index (χ2n) is 5.46. The molecule has 1 aromatic heterocycles. The van der Waals surface area contributed by atoms with Crippen molar-refractivity contribution in [3.63, 3.8) is 0 Å². The van der Waals surface area contributed by atoms with Gasteiger partial charge < -0.3 is 4.74 Å². The normalized spacial score (nSPS) is 12.0. The van der Waals surface area contributed by atoms with E-state index in [2.05, 4.69) is 9.93 Å². The molecule has 1 heterocycles. The Labute approximate surface area is 153 Å². The average molecular weight is 397 g/mol. The van der Waals surface area contributed by atoms with Crippen LogP contribution in [-0.4, -0.2) is 25.4 Å². The summed E-state index contributed by atoms with van der Waals surface area (Å²) in [6.07, 6.45) is -4.74. The van der Waals surface area contributed by atoms with Gasteiger partial charge in [0.05, 0.1) is 17.7 Å². The van der Waals surface area contributed by atoms with Crippen LogP contribution in [0.4, 0.5) is 13.2 Å². The largest absolute Gasteiger partial charge is 0.497 e. The molecule has 3 aromatic rings. The van der Waals surface area contributed by atoms with Crippen LogP contribution < -0.4 is 9.57 Å². The van der Waals surface area contributed by atoms with Gasteiger partial charge in [-0.05, 0) is 30.3 Å². The van der Waals surface area contributed by atoms with Gasteiger partial charge in [-0.2, -0.15) is 31.2 Å². The number of methoxy groups -OCH3 is 1. The molecule has 0 radical (unpaired) electrons. The maximum atomic E-state index is 13.1. The molecule has 1 N–H and O–H groups in total.